The highest BCUT2D eigenvalue weighted by Gasteiger charge is 2.32. The van der Waals surface area contributed by atoms with Crippen LogP contribution in [0.4, 0.5) is 0 Å². The van der Waals surface area contributed by atoms with Crippen molar-refractivity contribution in [3.8, 4) is 5.75 Å². The number of carbonyl (C=O) groups is 3. The van der Waals surface area contributed by atoms with E-state index in [1.807, 2.05) is 13.8 Å². The Labute approximate surface area is 142 Å². The highest BCUT2D eigenvalue weighted by Crippen LogP contribution is 2.25. The number of carbonyl (C=O) groups excluding carboxylic acids is 3. The molecule has 0 bridgehead atoms. The Kier molecular flexibility index (Phi) is 7.42. The maximum absolute atomic E-state index is 12.5. The van der Waals surface area contributed by atoms with Gasteiger partial charge in [0, 0.05) is 12.0 Å². The standard InChI is InChI=1S/C18H24O6/c1-6-23-17(20)14(18(21)24-7-2)10-15(19)13-8-11(3)16(22-5)12(4)9-13/h8-9,14H,6-7,10H2,1-5H3. The number of methoxy groups -OCH3 is 1. The van der Waals surface area contributed by atoms with Crippen LogP contribution in [-0.4, -0.2) is 38.0 Å². The zero-order valence-electron chi connectivity index (χ0n) is 14.8. The number of hydrogen-bond donors (Lipinski definition) is 0. The third-order valence-corrected chi connectivity index (χ3v) is 3.52. The molecule has 24 heavy (non-hydrogen) atoms. The van der Waals surface area contributed by atoms with E-state index in [0.717, 1.165) is 11.1 Å². The molecular weight excluding hydrogens is 312 g/mol. The zero-order chi connectivity index (χ0) is 18.3. The van der Waals surface area contributed by atoms with E-state index in [9.17, 15) is 14.4 Å². The molecule has 0 fully saturated rings. The van der Waals surface area contributed by atoms with Crippen molar-refractivity contribution >= 4 is 17.7 Å². The minimum absolute atomic E-state index is 0.129. The summed E-state index contributed by atoms with van der Waals surface area (Å²) in [6.45, 7) is 7.19. The minimum atomic E-state index is -1.25. The van der Waals surface area contributed by atoms with Crippen molar-refractivity contribution < 1.29 is 28.6 Å². The van der Waals surface area contributed by atoms with Crippen LogP contribution in [0.25, 0.3) is 0 Å². The van der Waals surface area contributed by atoms with E-state index in [4.69, 9.17) is 14.2 Å². The van der Waals surface area contributed by atoms with Crippen LogP contribution in [0.5, 0.6) is 5.75 Å². The molecule has 0 aliphatic heterocycles. The SMILES string of the molecule is CCOC(=O)C(CC(=O)c1cc(C)c(OC)c(C)c1)C(=O)OCC. The first-order valence-corrected chi connectivity index (χ1v) is 7.87. The normalized spacial score (nSPS) is 10.4. The third-order valence-electron chi connectivity index (χ3n) is 3.52. The van der Waals surface area contributed by atoms with Gasteiger partial charge >= 0.3 is 11.9 Å². The summed E-state index contributed by atoms with van der Waals surface area (Å²) in [5, 5.41) is 0. The van der Waals surface area contributed by atoms with Crippen LogP contribution in [-0.2, 0) is 19.1 Å². The molecule has 0 saturated carbocycles. The van der Waals surface area contributed by atoms with Crippen LogP contribution in [0, 0.1) is 19.8 Å². The summed E-state index contributed by atoms with van der Waals surface area (Å²) in [5.74, 6) is -2.36. The second-order valence-electron chi connectivity index (χ2n) is 5.33. The van der Waals surface area contributed by atoms with E-state index in [2.05, 4.69) is 0 Å². The summed E-state index contributed by atoms with van der Waals surface area (Å²) in [4.78, 5) is 36.5. The van der Waals surface area contributed by atoms with Gasteiger partial charge in [-0.2, -0.15) is 0 Å². The molecule has 0 atom stereocenters. The molecule has 0 radical (unpaired) electrons. The van der Waals surface area contributed by atoms with Gasteiger partial charge in [-0.05, 0) is 51.0 Å². The van der Waals surface area contributed by atoms with Crippen molar-refractivity contribution in [2.24, 2.45) is 5.92 Å². The molecule has 0 amide bonds. The van der Waals surface area contributed by atoms with Gasteiger partial charge in [0.15, 0.2) is 11.7 Å². The summed E-state index contributed by atoms with van der Waals surface area (Å²) < 4.78 is 15.0. The fraction of sp³-hybridized carbons (Fsp3) is 0.500. The van der Waals surface area contributed by atoms with E-state index >= 15 is 0 Å². The van der Waals surface area contributed by atoms with Gasteiger partial charge in [-0.1, -0.05) is 0 Å². The van der Waals surface area contributed by atoms with E-state index < -0.39 is 17.9 Å². The first-order valence-electron chi connectivity index (χ1n) is 7.87. The van der Waals surface area contributed by atoms with Gasteiger partial charge in [0.1, 0.15) is 5.75 Å². The van der Waals surface area contributed by atoms with E-state index in [-0.39, 0.29) is 25.4 Å². The van der Waals surface area contributed by atoms with Crippen LogP contribution in [0.2, 0.25) is 0 Å². The molecule has 0 unspecified atom stereocenters. The van der Waals surface area contributed by atoms with Crippen LogP contribution >= 0.6 is 0 Å². The van der Waals surface area contributed by atoms with Crippen LogP contribution in [0.3, 0.4) is 0 Å². The number of ether oxygens (including phenoxy) is 3. The van der Waals surface area contributed by atoms with Gasteiger partial charge < -0.3 is 14.2 Å². The second kappa shape index (κ2) is 9.05. The predicted molar refractivity (Wildman–Crippen MR) is 88.2 cm³/mol. The molecule has 0 aliphatic rings. The fourth-order valence-corrected chi connectivity index (χ4v) is 2.49. The first-order chi connectivity index (χ1) is 11.3. The molecular formula is C18H24O6. The first kappa shape index (κ1) is 19.7. The molecule has 0 aliphatic carbocycles. The monoisotopic (exact) mass is 336 g/mol. The lowest BCUT2D eigenvalue weighted by Crippen LogP contribution is -2.30. The smallest absolute Gasteiger partial charge is 0.320 e. The molecule has 0 N–H and O–H groups in total. The minimum Gasteiger partial charge on any atom is -0.496 e. The highest BCUT2D eigenvalue weighted by atomic mass is 16.6. The van der Waals surface area contributed by atoms with Gasteiger partial charge in [-0.25, -0.2) is 0 Å². The Bertz CT molecular complexity index is 579. The quantitative estimate of drug-likeness (QED) is 0.412. The number of rotatable bonds is 8. The Morgan fingerprint density at radius 1 is 0.958 bits per heavy atom. The van der Waals surface area contributed by atoms with Gasteiger partial charge in [0.05, 0.1) is 20.3 Å². The van der Waals surface area contributed by atoms with Crippen LogP contribution < -0.4 is 4.74 Å². The molecule has 0 aromatic heterocycles. The molecule has 1 rings (SSSR count). The number of ketones is 1. The summed E-state index contributed by atoms with van der Waals surface area (Å²) in [6.07, 6.45) is -0.289. The molecule has 1 aromatic carbocycles. The van der Waals surface area contributed by atoms with Crippen LogP contribution in [0.1, 0.15) is 41.8 Å². The Balaban J connectivity index is 3.03. The molecule has 0 heterocycles. The van der Waals surface area contributed by atoms with Crippen LogP contribution in [0.15, 0.2) is 12.1 Å². The number of benzene rings is 1. The fourth-order valence-electron chi connectivity index (χ4n) is 2.49. The molecule has 6 nitrogen and oxygen atoms in total. The predicted octanol–water partition coefficient (Wildman–Crippen LogP) is 2.63. The lowest BCUT2D eigenvalue weighted by atomic mass is 9.95. The number of esters is 2. The Morgan fingerprint density at radius 3 is 1.79 bits per heavy atom. The van der Waals surface area contributed by atoms with Crippen molar-refractivity contribution in [2.45, 2.75) is 34.1 Å². The van der Waals surface area contributed by atoms with Gasteiger partial charge in [0.2, 0.25) is 0 Å². The van der Waals surface area contributed by atoms with Crippen molar-refractivity contribution in [1.29, 1.82) is 0 Å². The lowest BCUT2D eigenvalue weighted by molar-refractivity contribution is -0.161. The number of Topliss-reactive ketones (excluding diaryl/α,β-unsaturated/α-hetero) is 1. The van der Waals surface area contributed by atoms with Crippen molar-refractivity contribution in [2.75, 3.05) is 20.3 Å². The largest absolute Gasteiger partial charge is 0.496 e. The topological polar surface area (TPSA) is 78.9 Å². The van der Waals surface area contributed by atoms with E-state index in [0.29, 0.717) is 11.3 Å². The summed E-state index contributed by atoms with van der Waals surface area (Å²) in [5.41, 5.74) is 2.04. The van der Waals surface area contributed by atoms with Gasteiger partial charge in [-0.3, -0.25) is 14.4 Å². The summed E-state index contributed by atoms with van der Waals surface area (Å²) in [6, 6.07) is 3.36. The third kappa shape index (κ3) is 4.81. The molecule has 6 heteroatoms. The molecule has 0 saturated heterocycles. The molecule has 1 aromatic rings. The lowest BCUT2D eigenvalue weighted by Gasteiger charge is -2.15. The summed E-state index contributed by atoms with van der Waals surface area (Å²) in [7, 11) is 1.56. The van der Waals surface area contributed by atoms with Gasteiger partial charge in [0.25, 0.3) is 0 Å². The number of aryl methyl sites for hydroxylation is 2. The van der Waals surface area contributed by atoms with Crippen molar-refractivity contribution in [3.63, 3.8) is 0 Å². The second-order valence-corrected chi connectivity index (χ2v) is 5.33. The van der Waals surface area contributed by atoms with Crippen molar-refractivity contribution in [3.05, 3.63) is 28.8 Å². The van der Waals surface area contributed by atoms with E-state index in [1.54, 1.807) is 33.1 Å². The van der Waals surface area contributed by atoms with Crippen molar-refractivity contribution in [1.82, 2.24) is 0 Å². The highest BCUT2D eigenvalue weighted by molar-refractivity contribution is 6.04. The Morgan fingerprint density at radius 2 is 1.42 bits per heavy atom. The number of hydrogen-bond acceptors (Lipinski definition) is 6. The maximum Gasteiger partial charge on any atom is 0.320 e. The van der Waals surface area contributed by atoms with E-state index in [1.165, 1.54) is 0 Å². The Hall–Kier alpha value is -2.37. The average Bonchev–Trinajstić information content (AvgIpc) is 2.52. The molecule has 132 valence electrons. The summed E-state index contributed by atoms with van der Waals surface area (Å²) >= 11 is 0. The zero-order valence-corrected chi connectivity index (χ0v) is 14.8. The molecule has 0 spiro atoms. The average molecular weight is 336 g/mol. The maximum atomic E-state index is 12.5. The van der Waals surface area contributed by atoms with Gasteiger partial charge in [-0.15, -0.1) is 0 Å².